The quantitative estimate of drug-likeness (QED) is 0.576. The first-order valence-electron chi connectivity index (χ1n) is 4.16. The minimum atomic E-state index is 0.167. The lowest BCUT2D eigenvalue weighted by atomic mass is 10.0. The molecule has 2 atom stereocenters. The van der Waals surface area contributed by atoms with E-state index < -0.39 is 0 Å². The van der Waals surface area contributed by atoms with Crippen molar-refractivity contribution in [1.29, 1.82) is 0 Å². The molecule has 2 heteroatoms. The Balaban J connectivity index is 2.17. The minimum absolute atomic E-state index is 0.167. The number of ketones is 1. The molecular weight excluding hydrogens is 152 g/mol. The fraction of sp³-hybridized carbons (Fsp3) is 0.300. The van der Waals surface area contributed by atoms with Crippen LogP contribution >= 0.6 is 0 Å². The lowest BCUT2D eigenvalue weighted by Gasteiger charge is -2.14. The Morgan fingerprint density at radius 3 is 3.08 bits per heavy atom. The minimum Gasteiger partial charge on any atom is -0.489 e. The highest BCUT2D eigenvalue weighted by atomic mass is 16.5. The van der Waals surface area contributed by atoms with E-state index in [0.717, 1.165) is 17.7 Å². The molecule has 0 bridgehead atoms. The van der Waals surface area contributed by atoms with Crippen molar-refractivity contribution in [2.24, 2.45) is 5.92 Å². The van der Waals surface area contributed by atoms with Crippen molar-refractivity contribution in [3.05, 3.63) is 29.8 Å². The second-order valence-electron chi connectivity index (χ2n) is 3.36. The smallest absolute Gasteiger partial charge is 0.173 e. The molecule has 12 heavy (non-hydrogen) atoms. The van der Waals surface area contributed by atoms with Gasteiger partial charge < -0.3 is 4.74 Å². The molecule has 0 saturated heterocycles. The molecule has 1 saturated carbocycles. The Morgan fingerprint density at radius 1 is 1.33 bits per heavy atom. The van der Waals surface area contributed by atoms with Gasteiger partial charge in [-0.05, 0) is 18.6 Å². The maximum atomic E-state index is 11.6. The molecular formula is C10H8O2. The lowest BCUT2D eigenvalue weighted by molar-refractivity contribution is 0.0920. The fourth-order valence-corrected chi connectivity index (χ4v) is 1.71. The number of Topliss-reactive ketones (excluding diaryl/α,β-unsaturated/α-hetero) is 1. The third kappa shape index (κ3) is 0.670. The van der Waals surface area contributed by atoms with Crippen LogP contribution in [0.2, 0.25) is 0 Å². The first-order valence-corrected chi connectivity index (χ1v) is 4.16. The fourth-order valence-electron chi connectivity index (χ4n) is 1.71. The lowest BCUT2D eigenvalue weighted by Crippen LogP contribution is -2.16. The van der Waals surface area contributed by atoms with Crippen LogP contribution in [-0.4, -0.2) is 11.9 Å². The molecule has 2 unspecified atom stereocenters. The molecule has 1 heterocycles. The number of hydrogen-bond acceptors (Lipinski definition) is 2. The molecule has 3 rings (SSSR count). The van der Waals surface area contributed by atoms with Gasteiger partial charge in [0.15, 0.2) is 5.78 Å². The van der Waals surface area contributed by atoms with Crippen LogP contribution in [0, 0.1) is 5.92 Å². The predicted molar refractivity (Wildman–Crippen MR) is 43.3 cm³/mol. The van der Waals surface area contributed by atoms with E-state index in [1.165, 1.54) is 0 Å². The SMILES string of the molecule is O=C1c2ccccc2OC2CC12. The van der Waals surface area contributed by atoms with Gasteiger partial charge in [0.05, 0.1) is 11.5 Å². The summed E-state index contributed by atoms with van der Waals surface area (Å²) < 4.78 is 5.56. The summed E-state index contributed by atoms with van der Waals surface area (Å²) in [5, 5.41) is 0. The van der Waals surface area contributed by atoms with Crippen molar-refractivity contribution in [2.75, 3.05) is 0 Å². The van der Waals surface area contributed by atoms with Crippen LogP contribution in [-0.2, 0) is 0 Å². The van der Waals surface area contributed by atoms with E-state index in [9.17, 15) is 4.79 Å². The molecule has 60 valence electrons. The monoisotopic (exact) mass is 160 g/mol. The summed E-state index contributed by atoms with van der Waals surface area (Å²) >= 11 is 0. The van der Waals surface area contributed by atoms with E-state index >= 15 is 0 Å². The predicted octanol–water partition coefficient (Wildman–Crippen LogP) is 1.65. The Morgan fingerprint density at radius 2 is 2.17 bits per heavy atom. The van der Waals surface area contributed by atoms with Crippen LogP contribution in [0.15, 0.2) is 24.3 Å². The molecule has 0 aromatic heterocycles. The molecule has 1 aliphatic carbocycles. The van der Waals surface area contributed by atoms with E-state index in [1.807, 2.05) is 24.3 Å². The van der Waals surface area contributed by atoms with Gasteiger partial charge in [0.1, 0.15) is 11.9 Å². The van der Waals surface area contributed by atoms with Crippen LogP contribution in [0.1, 0.15) is 16.8 Å². The summed E-state index contributed by atoms with van der Waals surface area (Å²) in [6, 6.07) is 7.48. The van der Waals surface area contributed by atoms with Gasteiger partial charge in [-0.1, -0.05) is 12.1 Å². The summed E-state index contributed by atoms with van der Waals surface area (Å²) in [6.07, 6.45) is 1.10. The number of carbonyl (C=O) groups excluding carboxylic acids is 1. The highest BCUT2D eigenvalue weighted by Crippen LogP contribution is 2.43. The molecule has 1 aromatic rings. The number of fused-ring (bicyclic) bond motifs is 2. The van der Waals surface area contributed by atoms with Crippen molar-refractivity contribution in [1.82, 2.24) is 0 Å². The second-order valence-corrected chi connectivity index (χ2v) is 3.36. The van der Waals surface area contributed by atoms with Gasteiger partial charge in [-0.25, -0.2) is 0 Å². The van der Waals surface area contributed by atoms with E-state index in [2.05, 4.69) is 0 Å². The number of ether oxygens (including phenoxy) is 1. The normalized spacial score (nSPS) is 30.2. The van der Waals surface area contributed by atoms with Gasteiger partial charge in [0, 0.05) is 0 Å². The first kappa shape index (κ1) is 6.23. The summed E-state index contributed by atoms with van der Waals surface area (Å²) in [5.41, 5.74) is 0.760. The number of hydrogen-bond donors (Lipinski definition) is 0. The molecule has 0 spiro atoms. The van der Waals surface area contributed by atoms with Crippen LogP contribution in [0.25, 0.3) is 0 Å². The highest BCUT2D eigenvalue weighted by Gasteiger charge is 2.49. The first-order chi connectivity index (χ1) is 5.86. The van der Waals surface area contributed by atoms with E-state index in [-0.39, 0.29) is 17.8 Å². The number of para-hydroxylation sites is 1. The van der Waals surface area contributed by atoms with Gasteiger partial charge in [-0.2, -0.15) is 0 Å². The summed E-state index contributed by atoms with van der Waals surface area (Å²) in [5.74, 6) is 1.20. The zero-order valence-corrected chi connectivity index (χ0v) is 6.49. The zero-order chi connectivity index (χ0) is 8.13. The average Bonchev–Trinajstić information content (AvgIpc) is 2.84. The Bertz CT molecular complexity index is 357. The van der Waals surface area contributed by atoms with Gasteiger partial charge >= 0.3 is 0 Å². The largest absolute Gasteiger partial charge is 0.489 e. The van der Waals surface area contributed by atoms with Crippen molar-refractivity contribution < 1.29 is 9.53 Å². The van der Waals surface area contributed by atoms with Crippen molar-refractivity contribution in [3.8, 4) is 5.75 Å². The van der Waals surface area contributed by atoms with Gasteiger partial charge in [0.2, 0.25) is 0 Å². The van der Waals surface area contributed by atoms with E-state index in [0.29, 0.717) is 0 Å². The second kappa shape index (κ2) is 1.89. The Kier molecular flexibility index (Phi) is 0.980. The van der Waals surface area contributed by atoms with Crippen molar-refractivity contribution in [3.63, 3.8) is 0 Å². The summed E-state index contributed by atoms with van der Waals surface area (Å²) in [6.45, 7) is 0. The number of rotatable bonds is 0. The molecule has 0 N–H and O–H groups in total. The summed E-state index contributed by atoms with van der Waals surface area (Å²) in [4.78, 5) is 11.6. The van der Waals surface area contributed by atoms with E-state index in [4.69, 9.17) is 4.74 Å². The van der Waals surface area contributed by atoms with Gasteiger partial charge in [0.25, 0.3) is 0 Å². The molecule has 0 radical (unpaired) electrons. The average molecular weight is 160 g/mol. The zero-order valence-electron chi connectivity index (χ0n) is 6.49. The van der Waals surface area contributed by atoms with Crippen LogP contribution in [0.3, 0.4) is 0 Å². The van der Waals surface area contributed by atoms with Crippen LogP contribution in [0.4, 0.5) is 0 Å². The molecule has 0 amide bonds. The molecule has 1 aliphatic heterocycles. The standard InChI is InChI=1S/C10H8O2/c11-10-6-3-1-2-4-8(6)12-9-5-7(9)10/h1-4,7,9H,5H2. The topological polar surface area (TPSA) is 26.3 Å². The third-order valence-electron chi connectivity index (χ3n) is 2.50. The third-order valence-corrected chi connectivity index (χ3v) is 2.50. The molecule has 1 fully saturated rings. The maximum absolute atomic E-state index is 11.6. The van der Waals surface area contributed by atoms with Crippen molar-refractivity contribution >= 4 is 5.78 Å². The molecule has 2 aliphatic rings. The maximum Gasteiger partial charge on any atom is 0.173 e. The number of benzene rings is 1. The summed E-state index contributed by atoms with van der Waals surface area (Å²) in [7, 11) is 0. The van der Waals surface area contributed by atoms with Gasteiger partial charge in [-0.15, -0.1) is 0 Å². The Hall–Kier alpha value is -1.31. The van der Waals surface area contributed by atoms with Crippen molar-refractivity contribution in [2.45, 2.75) is 12.5 Å². The van der Waals surface area contributed by atoms with Crippen LogP contribution < -0.4 is 4.74 Å². The number of carbonyl (C=O) groups is 1. The van der Waals surface area contributed by atoms with E-state index in [1.54, 1.807) is 0 Å². The van der Waals surface area contributed by atoms with Gasteiger partial charge in [-0.3, -0.25) is 4.79 Å². The molecule has 1 aromatic carbocycles. The highest BCUT2D eigenvalue weighted by molar-refractivity contribution is 6.03. The molecule has 2 nitrogen and oxygen atoms in total. The van der Waals surface area contributed by atoms with Crippen LogP contribution in [0.5, 0.6) is 5.75 Å². The Labute approximate surface area is 70.2 Å².